The number of hydrogen-bond acceptors (Lipinski definition) is 3. The highest BCUT2D eigenvalue weighted by molar-refractivity contribution is 14.1. The average Bonchev–Trinajstić information content (AvgIpc) is 2.45. The zero-order chi connectivity index (χ0) is 14.1. The molecule has 1 aromatic carbocycles. The van der Waals surface area contributed by atoms with Gasteiger partial charge in [0.1, 0.15) is 5.69 Å². The van der Waals surface area contributed by atoms with Crippen LogP contribution in [0.5, 0.6) is 0 Å². The van der Waals surface area contributed by atoms with Crippen LogP contribution in [0, 0.1) is 5.92 Å². The summed E-state index contributed by atoms with van der Waals surface area (Å²) in [5.74, 6) is 2.10. The van der Waals surface area contributed by atoms with E-state index in [0.29, 0.717) is 11.8 Å². The van der Waals surface area contributed by atoms with Crippen molar-refractivity contribution in [3.8, 4) is 0 Å². The van der Waals surface area contributed by atoms with Crippen LogP contribution < -0.4 is 3.53 Å². The Labute approximate surface area is 133 Å². The number of fused-ring (bicyclic) bond motifs is 3. The molecule has 3 rings (SSSR count). The highest BCUT2D eigenvalue weighted by atomic mass is 127. The second-order valence-corrected chi connectivity index (χ2v) is 6.25. The SMILES string of the molecule is CC(C)CC1CC=Nc2c(NI)nc3ccccc3c21. The fourth-order valence-electron chi connectivity index (χ4n) is 3.01. The molecule has 104 valence electrons. The maximum Gasteiger partial charge on any atom is 0.161 e. The number of halogens is 1. The maximum atomic E-state index is 4.69. The molecule has 1 atom stereocenters. The van der Waals surface area contributed by atoms with Crippen LogP contribution in [0.25, 0.3) is 10.9 Å². The summed E-state index contributed by atoms with van der Waals surface area (Å²) < 4.78 is 3.17. The van der Waals surface area contributed by atoms with Gasteiger partial charge in [-0.2, -0.15) is 0 Å². The van der Waals surface area contributed by atoms with E-state index in [1.165, 1.54) is 17.4 Å². The molecule has 1 aliphatic rings. The molecule has 0 amide bonds. The number of nitrogens with one attached hydrogen (secondary N) is 1. The summed E-state index contributed by atoms with van der Waals surface area (Å²) in [6.45, 7) is 4.57. The topological polar surface area (TPSA) is 37.3 Å². The van der Waals surface area contributed by atoms with Crippen LogP contribution in [0.1, 0.15) is 38.2 Å². The lowest BCUT2D eigenvalue weighted by molar-refractivity contribution is 0.510. The highest BCUT2D eigenvalue weighted by Crippen LogP contribution is 2.44. The molecule has 1 unspecified atom stereocenters. The van der Waals surface area contributed by atoms with Crippen molar-refractivity contribution in [2.75, 3.05) is 3.53 Å². The molecular formula is C16H18IN3. The molecule has 2 heterocycles. The van der Waals surface area contributed by atoms with E-state index in [2.05, 4.69) is 68.4 Å². The Balaban J connectivity index is 2.26. The van der Waals surface area contributed by atoms with Crippen molar-refractivity contribution in [2.45, 2.75) is 32.6 Å². The number of aliphatic imine (C=N–C) groups is 1. The molecule has 20 heavy (non-hydrogen) atoms. The lowest BCUT2D eigenvalue weighted by Gasteiger charge is -2.25. The molecule has 2 aromatic rings. The number of benzene rings is 1. The standard InChI is InChI=1S/C16H18IN3/c1-10(2)9-11-7-8-18-15-14(11)12-5-3-4-6-13(12)19-16(15)20-17/h3-6,8,10-11H,7,9H2,1-2H3,(H,19,20). The summed E-state index contributed by atoms with van der Waals surface area (Å²) in [6.07, 6.45) is 4.26. The average molecular weight is 379 g/mol. The first-order valence-corrected chi connectivity index (χ1v) is 8.10. The van der Waals surface area contributed by atoms with Gasteiger partial charge in [-0.3, -0.25) is 4.99 Å². The second kappa shape index (κ2) is 5.68. The Bertz CT molecular complexity index is 664. The predicted octanol–water partition coefficient (Wildman–Crippen LogP) is 5.23. The van der Waals surface area contributed by atoms with E-state index in [-0.39, 0.29) is 0 Å². The third-order valence-electron chi connectivity index (χ3n) is 3.77. The predicted molar refractivity (Wildman–Crippen MR) is 94.4 cm³/mol. The monoisotopic (exact) mass is 379 g/mol. The van der Waals surface area contributed by atoms with Gasteiger partial charge in [0.05, 0.1) is 28.4 Å². The van der Waals surface area contributed by atoms with Crippen LogP contribution in [0.4, 0.5) is 11.5 Å². The number of aromatic nitrogens is 1. The first-order chi connectivity index (χ1) is 9.70. The van der Waals surface area contributed by atoms with E-state index >= 15 is 0 Å². The third kappa shape index (κ3) is 2.41. The number of anilines is 1. The molecule has 0 bridgehead atoms. The van der Waals surface area contributed by atoms with Gasteiger partial charge in [-0.25, -0.2) is 4.98 Å². The van der Waals surface area contributed by atoms with Crippen molar-refractivity contribution in [1.82, 2.24) is 4.98 Å². The van der Waals surface area contributed by atoms with Crippen molar-refractivity contribution < 1.29 is 0 Å². The minimum atomic E-state index is 0.541. The molecule has 1 aliphatic heterocycles. The molecule has 0 saturated carbocycles. The summed E-state index contributed by atoms with van der Waals surface area (Å²) in [6, 6.07) is 8.39. The van der Waals surface area contributed by atoms with Crippen LogP contribution in [-0.4, -0.2) is 11.2 Å². The van der Waals surface area contributed by atoms with E-state index in [1.54, 1.807) is 0 Å². The van der Waals surface area contributed by atoms with Gasteiger partial charge in [0, 0.05) is 11.6 Å². The van der Waals surface area contributed by atoms with Crippen LogP contribution in [0.15, 0.2) is 29.3 Å². The van der Waals surface area contributed by atoms with E-state index in [9.17, 15) is 0 Å². The highest BCUT2D eigenvalue weighted by Gasteiger charge is 2.24. The van der Waals surface area contributed by atoms with Crippen LogP contribution in [0.3, 0.4) is 0 Å². The molecule has 0 fully saturated rings. The Morgan fingerprint density at radius 2 is 2.15 bits per heavy atom. The minimum absolute atomic E-state index is 0.541. The quantitative estimate of drug-likeness (QED) is 0.586. The Hall–Kier alpha value is -1.17. The van der Waals surface area contributed by atoms with Crippen LogP contribution >= 0.6 is 22.9 Å². The van der Waals surface area contributed by atoms with E-state index in [0.717, 1.165) is 23.4 Å². The smallest absolute Gasteiger partial charge is 0.161 e. The summed E-state index contributed by atoms with van der Waals surface area (Å²) in [5.41, 5.74) is 3.44. The Morgan fingerprint density at radius 3 is 2.90 bits per heavy atom. The Kier molecular flexibility index (Phi) is 3.92. The van der Waals surface area contributed by atoms with Gasteiger partial charge in [0.25, 0.3) is 0 Å². The number of rotatable bonds is 3. The van der Waals surface area contributed by atoms with Gasteiger partial charge in [-0.15, -0.1) is 0 Å². The number of para-hydroxylation sites is 1. The van der Waals surface area contributed by atoms with Crippen LogP contribution in [0.2, 0.25) is 0 Å². The van der Waals surface area contributed by atoms with Gasteiger partial charge in [-0.05, 0) is 36.3 Å². The van der Waals surface area contributed by atoms with Crippen molar-refractivity contribution >= 4 is 51.5 Å². The van der Waals surface area contributed by atoms with Gasteiger partial charge >= 0.3 is 0 Å². The largest absolute Gasteiger partial charge is 0.311 e. The van der Waals surface area contributed by atoms with Crippen molar-refractivity contribution in [1.29, 1.82) is 0 Å². The zero-order valence-electron chi connectivity index (χ0n) is 11.7. The number of pyridine rings is 1. The first-order valence-electron chi connectivity index (χ1n) is 7.02. The summed E-state index contributed by atoms with van der Waals surface area (Å²) in [7, 11) is 0. The third-order valence-corrected chi connectivity index (χ3v) is 4.28. The fourth-order valence-corrected chi connectivity index (χ4v) is 3.39. The summed E-state index contributed by atoms with van der Waals surface area (Å²) in [4.78, 5) is 9.30. The van der Waals surface area contributed by atoms with Crippen molar-refractivity contribution in [2.24, 2.45) is 10.9 Å². The molecule has 0 aliphatic carbocycles. The molecule has 4 heteroatoms. The molecule has 0 spiro atoms. The number of nitrogens with zero attached hydrogens (tertiary/aromatic N) is 2. The molecular weight excluding hydrogens is 361 g/mol. The Morgan fingerprint density at radius 1 is 1.35 bits per heavy atom. The first kappa shape index (κ1) is 13.8. The number of hydrogen-bond donors (Lipinski definition) is 1. The molecule has 1 aromatic heterocycles. The lowest BCUT2D eigenvalue weighted by Crippen LogP contribution is -2.10. The van der Waals surface area contributed by atoms with Crippen LogP contribution in [-0.2, 0) is 0 Å². The summed E-state index contributed by atoms with van der Waals surface area (Å²) >= 11 is 2.14. The second-order valence-electron chi connectivity index (χ2n) is 5.71. The lowest BCUT2D eigenvalue weighted by atomic mass is 9.84. The molecule has 0 saturated heterocycles. The zero-order valence-corrected chi connectivity index (χ0v) is 13.9. The van der Waals surface area contributed by atoms with E-state index < -0.39 is 0 Å². The molecule has 3 nitrogen and oxygen atoms in total. The van der Waals surface area contributed by atoms with Gasteiger partial charge in [0.2, 0.25) is 0 Å². The minimum Gasteiger partial charge on any atom is -0.311 e. The van der Waals surface area contributed by atoms with Gasteiger partial charge < -0.3 is 3.53 Å². The van der Waals surface area contributed by atoms with E-state index in [1.807, 2.05) is 12.3 Å². The van der Waals surface area contributed by atoms with E-state index in [4.69, 9.17) is 0 Å². The maximum absolute atomic E-state index is 4.69. The normalized spacial score (nSPS) is 17.5. The van der Waals surface area contributed by atoms with Crippen molar-refractivity contribution in [3.63, 3.8) is 0 Å². The molecule has 1 N–H and O–H groups in total. The summed E-state index contributed by atoms with van der Waals surface area (Å²) in [5, 5.41) is 1.25. The van der Waals surface area contributed by atoms with Gasteiger partial charge in [0.15, 0.2) is 5.82 Å². The van der Waals surface area contributed by atoms with Gasteiger partial charge in [-0.1, -0.05) is 32.0 Å². The molecule has 0 radical (unpaired) electrons. The fraction of sp³-hybridized carbons (Fsp3) is 0.375. The van der Waals surface area contributed by atoms with Crippen molar-refractivity contribution in [3.05, 3.63) is 29.8 Å².